The van der Waals surface area contributed by atoms with Crippen LogP contribution in [0.4, 0.5) is 5.82 Å². The summed E-state index contributed by atoms with van der Waals surface area (Å²) >= 11 is 6.28. The molecule has 1 amide bonds. The highest BCUT2D eigenvalue weighted by molar-refractivity contribution is 6.30. The molecule has 2 saturated carbocycles. The molecule has 2 aliphatic carbocycles. The molecular weight excluding hydrogens is 262 g/mol. The molecule has 0 atom stereocenters. The molecule has 5 heteroatoms. The van der Waals surface area contributed by atoms with Crippen molar-refractivity contribution < 1.29 is 4.79 Å². The van der Waals surface area contributed by atoms with Crippen molar-refractivity contribution in [2.24, 2.45) is 5.92 Å². The van der Waals surface area contributed by atoms with Crippen LogP contribution >= 0.6 is 11.6 Å². The van der Waals surface area contributed by atoms with Gasteiger partial charge in [-0.2, -0.15) is 0 Å². The van der Waals surface area contributed by atoms with Crippen LogP contribution in [0.15, 0.2) is 6.33 Å². The fraction of sp³-hybridized carbons (Fsp3) is 0.643. The van der Waals surface area contributed by atoms with Crippen LogP contribution in [0.2, 0.25) is 5.15 Å². The van der Waals surface area contributed by atoms with Gasteiger partial charge in [0.05, 0.1) is 0 Å². The van der Waals surface area contributed by atoms with Crippen molar-refractivity contribution in [2.75, 3.05) is 11.4 Å². The molecule has 0 bridgehead atoms. The Hall–Kier alpha value is -1.16. The van der Waals surface area contributed by atoms with Crippen LogP contribution in [-0.4, -0.2) is 22.4 Å². The molecule has 0 unspecified atom stereocenters. The summed E-state index contributed by atoms with van der Waals surface area (Å²) in [6.45, 7) is 0.760. The van der Waals surface area contributed by atoms with E-state index in [4.69, 9.17) is 11.6 Å². The van der Waals surface area contributed by atoms with E-state index in [9.17, 15) is 4.79 Å². The van der Waals surface area contributed by atoms with Crippen LogP contribution in [-0.2, 0) is 10.2 Å². The second kappa shape index (κ2) is 3.92. The maximum atomic E-state index is 12.6. The molecule has 0 aromatic carbocycles. The van der Waals surface area contributed by atoms with Gasteiger partial charge in [0.15, 0.2) is 0 Å². The Kier molecular flexibility index (Phi) is 2.40. The van der Waals surface area contributed by atoms with Gasteiger partial charge in [0, 0.05) is 23.4 Å². The van der Waals surface area contributed by atoms with Gasteiger partial charge in [0.1, 0.15) is 17.3 Å². The van der Waals surface area contributed by atoms with E-state index in [1.165, 1.54) is 19.2 Å². The van der Waals surface area contributed by atoms with Crippen LogP contribution in [0.1, 0.15) is 44.1 Å². The Bertz CT molecular complexity index is 552. The van der Waals surface area contributed by atoms with E-state index >= 15 is 0 Å². The molecule has 2 fully saturated rings. The van der Waals surface area contributed by atoms with E-state index < -0.39 is 0 Å². The zero-order valence-corrected chi connectivity index (χ0v) is 11.5. The SMILES string of the molecule is O=C(C1CCC1)N1CC2(CCC2)c2c(Cl)ncnc21. The second-order valence-electron chi connectivity index (χ2n) is 6.05. The molecule has 1 spiro atoms. The number of carbonyl (C=O) groups excluding carboxylic acids is 1. The number of halogens is 1. The fourth-order valence-electron chi connectivity index (χ4n) is 3.54. The number of fused-ring (bicyclic) bond motifs is 2. The summed E-state index contributed by atoms with van der Waals surface area (Å²) in [5, 5.41) is 0.536. The van der Waals surface area contributed by atoms with Crippen molar-refractivity contribution >= 4 is 23.3 Å². The molecule has 1 aromatic heterocycles. The van der Waals surface area contributed by atoms with Crippen molar-refractivity contribution in [1.82, 2.24) is 9.97 Å². The van der Waals surface area contributed by atoms with Gasteiger partial charge in [-0.1, -0.05) is 24.4 Å². The summed E-state index contributed by atoms with van der Waals surface area (Å²) in [6.07, 6.45) is 8.10. The largest absolute Gasteiger partial charge is 0.295 e. The number of amides is 1. The third-order valence-corrected chi connectivity index (χ3v) is 5.35. The standard InChI is InChI=1S/C14H16ClN3O/c15-11-10-12(17-8-16-11)18(7-14(10)5-2-6-14)13(19)9-3-1-4-9/h8-9H,1-7H2. The van der Waals surface area contributed by atoms with Crippen molar-refractivity contribution in [3.8, 4) is 0 Å². The summed E-state index contributed by atoms with van der Waals surface area (Å²) in [7, 11) is 0. The predicted octanol–water partition coefficient (Wildman–Crippen LogP) is 2.70. The first kappa shape index (κ1) is 11.6. The number of rotatable bonds is 1. The molecular formula is C14H16ClN3O. The third-order valence-electron chi connectivity index (χ3n) is 5.06. The fourth-order valence-corrected chi connectivity index (χ4v) is 3.87. The van der Waals surface area contributed by atoms with Crippen LogP contribution < -0.4 is 4.90 Å². The smallest absolute Gasteiger partial charge is 0.231 e. The normalized spacial score (nSPS) is 23.9. The lowest BCUT2D eigenvalue weighted by molar-refractivity contribution is -0.124. The maximum Gasteiger partial charge on any atom is 0.231 e. The Morgan fingerprint density at radius 3 is 2.68 bits per heavy atom. The molecule has 4 nitrogen and oxygen atoms in total. The number of hydrogen-bond acceptors (Lipinski definition) is 3. The summed E-state index contributed by atoms with van der Waals surface area (Å²) in [5.41, 5.74) is 1.07. The van der Waals surface area contributed by atoms with E-state index in [-0.39, 0.29) is 17.2 Å². The zero-order valence-electron chi connectivity index (χ0n) is 10.7. The molecule has 100 valence electrons. The van der Waals surface area contributed by atoms with Gasteiger partial charge in [-0.25, -0.2) is 9.97 Å². The van der Waals surface area contributed by atoms with E-state index in [1.54, 1.807) is 0 Å². The lowest BCUT2D eigenvalue weighted by Gasteiger charge is -2.39. The average molecular weight is 278 g/mol. The lowest BCUT2D eigenvalue weighted by atomic mass is 9.66. The maximum absolute atomic E-state index is 12.6. The molecule has 0 saturated heterocycles. The van der Waals surface area contributed by atoms with Gasteiger partial charge in [-0.3, -0.25) is 9.69 Å². The first-order valence-electron chi connectivity index (χ1n) is 7.04. The third kappa shape index (κ3) is 1.49. The quantitative estimate of drug-likeness (QED) is 0.742. The summed E-state index contributed by atoms with van der Waals surface area (Å²) in [4.78, 5) is 22.9. The minimum Gasteiger partial charge on any atom is -0.295 e. The summed E-state index contributed by atoms with van der Waals surface area (Å²) < 4.78 is 0. The van der Waals surface area contributed by atoms with Gasteiger partial charge in [-0.05, 0) is 25.7 Å². The van der Waals surface area contributed by atoms with Gasteiger partial charge in [-0.15, -0.1) is 0 Å². The van der Waals surface area contributed by atoms with E-state index in [0.717, 1.165) is 43.6 Å². The molecule has 3 aliphatic rings. The highest BCUT2D eigenvalue weighted by Gasteiger charge is 2.52. The average Bonchev–Trinajstić information content (AvgIpc) is 2.63. The Labute approximate surface area is 117 Å². The molecule has 0 N–H and O–H groups in total. The van der Waals surface area contributed by atoms with Crippen LogP contribution in [0.3, 0.4) is 0 Å². The minimum absolute atomic E-state index is 0.0487. The van der Waals surface area contributed by atoms with Gasteiger partial charge in [0.2, 0.25) is 5.91 Å². The van der Waals surface area contributed by atoms with Crippen molar-refractivity contribution in [3.05, 3.63) is 17.0 Å². The molecule has 1 aliphatic heterocycles. The first-order chi connectivity index (χ1) is 9.21. The zero-order chi connectivity index (χ0) is 13.0. The van der Waals surface area contributed by atoms with Gasteiger partial charge < -0.3 is 0 Å². The molecule has 4 rings (SSSR count). The molecule has 0 radical (unpaired) electrons. The summed E-state index contributed by atoms with van der Waals surface area (Å²) in [5.74, 6) is 1.22. The number of hydrogen-bond donors (Lipinski definition) is 0. The van der Waals surface area contributed by atoms with Gasteiger partial charge >= 0.3 is 0 Å². The van der Waals surface area contributed by atoms with Crippen molar-refractivity contribution in [2.45, 2.75) is 43.9 Å². The topological polar surface area (TPSA) is 46.1 Å². The van der Waals surface area contributed by atoms with Crippen LogP contribution in [0.25, 0.3) is 0 Å². The lowest BCUT2D eigenvalue weighted by Crippen LogP contribution is -2.44. The Morgan fingerprint density at radius 2 is 2.11 bits per heavy atom. The molecule has 19 heavy (non-hydrogen) atoms. The monoisotopic (exact) mass is 277 g/mol. The number of anilines is 1. The Morgan fingerprint density at radius 1 is 1.32 bits per heavy atom. The second-order valence-corrected chi connectivity index (χ2v) is 6.41. The Balaban J connectivity index is 1.76. The van der Waals surface area contributed by atoms with Crippen LogP contribution in [0.5, 0.6) is 0 Å². The van der Waals surface area contributed by atoms with E-state index in [0.29, 0.717) is 5.15 Å². The van der Waals surface area contributed by atoms with Crippen molar-refractivity contribution in [1.29, 1.82) is 0 Å². The highest BCUT2D eigenvalue weighted by atomic mass is 35.5. The number of carbonyl (C=O) groups is 1. The number of nitrogens with zero attached hydrogens (tertiary/aromatic N) is 3. The highest BCUT2D eigenvalue weighted by Crippen LogP contribution is 2.54. The van der Waals surface area contributed by atoms with Crippen molar-refractivity contribution in [3.63, 3.8) is 0 Å². The van der Waals surface area contributed by atoms with Gasteiger partial charge in [0.25, 0.3) is 0 Å². The molecule has 2 heterocycles. The summed E-state index contributed by atoms with van der Waals surface area (Å²) in [6, 6.07) is 0. The minimum atomic E-state index is 0.0487. The van der Waals surface area contributed by atoms with E-state index in [2.05, 4.69) is 9.97 Å². The number of aromatic nitrogens is 2. The van der Waals surface area contributed by atoms with Crippen LogP contribution in [0, 0.1) is 5.92 Å². The predicted molar refractivity (Wildman–Crippen MR) is 72.3 cm³/mol. The molecule has 1 aromatic rings. The van der Waals surface area contributed by atoms with E-state index in [1.807, 2.05) is 4.90 Å². The first-order valence-corrected chi connectivity index (χ1v) is 7.41.